The number of hydrogen-bond acceptors (Lipinski definition) is 4. The lowest BCUT2D eigenvalue weighted by atomic mass is 9.71. The number of aliphatic hydroxyl groups excluding tert-OH is 1. The fourth-order valence-corrected chi connectivity index (χ4v) is 5.30. The van der Waals surface area contributed by atoms with Crippen molar-refractivity contribution in [3.63, 3.8) is 0 Å². The fourth-order valence-electron chi connectivity index (χ4n) is 5.30. The lowest BCUT2D eigenvalue weighted by Gasteiger charge is -2.59. The van der Waals surface area contributed by atoms with Crippen LogP contribution in [0.3, 0.4) is 0 Å². The number of fused-ring (bicyclic) bond motifs is 3. The SMILES string of the molecule is O=C(Nc1cccc(F)c1)N1C[C@@H]2[C@H](c3ccccc31)[C@H](CO)N2C(=O)C1CCOCC1. The van der Waals surface area contributed by atoms with E-state index < -0.39 is 5.82 Å². The van der Waals surface area contributed by atoms with Gasteiger partial charge < -0.3 is 20.1 Å². The first kappa shape index (κ1) is 20.9. The molecule has 168 valence electrons. The molecular weight excluding hydrogens is 413 g/mol. The molecule has 3 amide bonds. The van der Waals surface area contributed by atoms with E-state index in [9.17, 15) is 19.1 Å². The number of halogens is 1. The molecule has 0 radical (unpaired) electrons. The van der Waals surface area contributed by atoms with Crippen molar-refractivity contribution in [2.24, 2.45) is 5.92 Å². The zero-order chi connectivity index (χ0) is 22.2. The quantitative estimate of drug-likeness (QED) is 0.771. The first-order valence-electron chi connectivity index (χ1n) is 11.0. The summed E-state index contributed by atoms with van der Waals surface area (Å²) in [5.41, 5.74) is 2.05. The Morgan fingerprint density at radius 1 is 1.12 bits per heavy atom. The van der Waals surface area contributed by atoms with Crippen LogP contribution >= 0.6 is 0 Å². The van der Waals surface area contributed by atoms with Crippen LogP contribution in [-0.4, -0.2) is 60.4 Å². The lowest BCUT2D eigenvalue weighted by molar-refractivity contribution is -0.157. The van der Waals surface area contributed by atoms with Gasteiger partial charge in [0, 0.05) is 43.0 Å². The lowest BCUT2D eigenvalue weighted by Crippen LogP contribution is -2.71. The van der Waals surface area contributed by atoms with Crippen molar-refractivity contribution in [2.75, 3.05) is 36.6 Å². The van der Waals surface area contributed by atoms with Gasteiger partial charge in [-0.05, 0) is 42.7 Å². The fraction of sp³-hybridized carbons (Fsp3) is 0.417. The highest BCUT2D eigenvalue weighted by Gasteiger charge is 2.56. The second-order valence-electron chi connectivity index (χ2n) is 8.59. The minimum absolute atomic E-state index is 0.0264. The molecule has 2 saturated heterocycles. The van der Waals surface area contributed by atoms with Gasteiger partial charge in [0.25, 0.3) is 0 Å². The summed E-state index contributed by atoms with van der Waals surface area (Å²) < 4.78 is 19.0. The summed E-state index contributed by atoms with van der Waals surface area (Å²) in [7, 11) is 0. The molecule has 2 fully saturated rings. The number of benzene rings is 2. The molecule has 2 N–H and O–H groups in total. The van der Waals surface area contributed by atoms with Gasteiger partial charge in [-0.15, -0.1) is 0 Å². The van der Waals surface area contributed by atoms with Crippen molar-refractivity contribution in [3.8, 4) is 0 Å². The summed E-state index contributed by atoms with van der Waals surface area (Å²) >= 11 is 0. The van der Waals surface area contributed by atoms with Crippen molar-refractivity contribution in [1.29, 1.82) is 0 Å². The van der Waals surface area contributed by atoms with Crippen LogP contribution in [0.1, 0.15) is 24.3 Å². The molecule has 32 heavy (non-hydrogen) atoms. The van der Waals surface area contributed by atoms with E-state index in [-0.39, 0.29) is 42.5 Å². The maximum absolute atomic E-state index is 13.6. The average molecular weight is 439 g/mol. The molecule has 2 aromatic carbocycles. The predicted molar refractivity (Wildman–Crippen MR) is 117 cm³/mol. The highest BCUT2D eigenvalue weighted by atomic mass is 19.1. The van der Waals surface area contributed by atoms with Gasteiger partial charge in [0.15, 0.2) is 0 Å². The Kier molecular flexibility index (Phi) is 5.57. The van der Waals surface area contributed by atoms with Crippen molar-refractivity contribution in [3.05, 3.63) is 59.9 Å². The standard InChI is InChI=1S/C24H26FN3O4/c25-16-4-3-5-17(12-16)26-24(31)27-13-20-22(18-6-1-2-7-19(18)27)21(14-29)28(20)23(30)15-8-10-32-11-9-15/h1-7,12,15,20-22,29H,8-11,13-14H2,(H,26,31)/t20-,21+,22+/m1/s1. The summed E-state index contributed by atoms with van der Waals surface area (Å²) in [5, 5.41) is 12.9. The summed E-state index contributed by atoms with van der Waals surface area (Å²) in [4.78, 5) is 29.9. The number of carbonyl (C=O) groups excluding carboxylic acids is 2. The van der Waals surface area contributed by atoms with E-state index in [4.69, 9.17) is 4.74 Å². The van der Waals surface area contributed by atoms with Crippen LogP contribution in [0.5, 0.6) is 0 Å². The van der Waals surface area contributed by atoms with Gasteiger partial charge in [-0.25, -0.2) is 9.18 Å². The maximum Gasteiger partial charge on any atom is 0.326 e. The van der Waals surface area contributed by atoms with Crippen LogP contribution in [0.2, 0.25) is 0 Å². The monoisotopic (exact) mass is 439 g/mol. The second-order valence-corrected chi connectivity index (χ2v) is 8.59. The minimum Gasteiger partial charge on any atom is -0.394 e. The van der Waals surface area contributed by atoms with Crippen molar-refractivity contribution in [2.45, 2.75) is 30.8 Å². The third-order valence-electron chi connectivity index (χ3n) is 6.83. The molecule has 0 bridgehead atoms. The van der Waals surface area contributed by atoms with Crippen LogP contribution in [0.15, 0.2) is 48.5 Å². The highest BCUT2D eigenvalue weighted by molar-refractivity contribution is 6.03. The molecule has 0 saturated carbocycles. The molecule has 3 atom stereocenters. The van der Waals surface area contributed by atoms with Crippen LogP contribution in [0.4, 0.5) is 20.6 Å². The number of nitrogens with zero attached hydrogens (tertiary/aromatic N) is 2. The number of likely N-dealkylation sites (tertiary alicyclic amines) is 1. The molecule has 3 aliphatic heterocycles. The van der Waals surface area contributed by atoms with Crippen LogP contribution in [0, 0.1) is 11.7 Å². The zero-order valence-corrected chi connectivity index (χ0v) is 17.6. The molecular formula is C24H26FN3O4. The Bertz CT molecular complexity index is 1030. The largest absolute Gasteiger partial charge is 0.394 e. The number of anilines is 2. The molecule has 0 aliphatic carbocycles. The van der Waals surface area contributed by atoms with E-state index in [2.05, 4.69) is 5.32 Å². The number of carbonyl (C=O) groups is 2. The van der Waals surface area contributed by atoms with E-state index >= 15 is 0 Å². The Morgan fingerprint density at radius 3 is 2.66 bits per heavy atom. The molecule has 5 rings (SSSR count). The van der Waals surface area contributed by atoms with Crippen LogP contribution < -0.4 is 10.2 Å². The molecule has 0 unspecified atom stereocenters. The first-order valence-corrected chi connectivity index (χ1v) is 11.0. The Morgan fingerprint density at radius 2 is 1.91 bits per heavy atom. The number of rotatable bonds is 3. The topological polar surface area (TPSA) is 82.1 Å². The van der Waals surface area contributed by atoms with Crippen LogP contribution in [-0.2, 0) is 9.53 Å². The second kappa shape index (κ2) is 8.52. The first-order chi connectivity index (χ1) is 15.6. The normalized spacial score (nSPS) is 24.9. The van der Waals surface area contributed by atoms with Crippen molar-refractivity contribution >= 4 is 23.3 Å². The third kappa shape index (κ3) is 3.53. The van der Waals surface area contributed by atoms with E-state index in [1.165, 1.54) is 18.2 Å². The van der Waals surface area contributed by atoms with Crippen LogP contribution in [0.25, 0.3) is 0 Å². The zero-order valence-electron chi connectivity index (χ0n) is 17.6. The van der Waals surface area contributed by atoms with E-state index in [1.807, 2.05) is 24.3 Å². The van der Waals surface area contributed by atoms with Crippen molar-refractivity contribution < 1.29 is 23.8 Å². The maximum atomic E-state index is 13.6. The van der Waals surface area contributed by atoms with Gasteiger partial charge in [-0.2, -0.15) is 0 Å². The Balaban J connectivity index is 1.43. The van der Waals surface area contributed by atoms with Gasteiger partial charge >= 0.3 is 6.03 Å². The average Bonchev–Trinajstić information content (AvgIpc) is 2.80. The molecule has 3 aliphatic rings. The summed E-state index contributed by atoms with van der Waals surface area (Å²) in [6.07, 6.45) is 1.34. The number of urea groups is 1. The van der Waals surface area contributed by atoms with E-state index in [0.717, 1.165) is 11.3 Å². The summed E-state index contributed by atoms with van der Waals surface area (Å²) in [5.74, 6) is -0.554. The summed E-state index contributed by atoms with van der Waals surface area (Å²) in [6.45, 7) is 1.31. The van der Waals surface area contributed by atoms with E-state index in [0.29, 0.717) is 38.3 Å². The number of nitrogens with one attached hydrogen (secondary N) is 1. The van der Waals surface area contributed by atoms with Gasteiger partial charge in [-0.3, -0.25) is 9.69 Å². The number of para-hydroxylation sites is 1. The number of ether oxygens (including phenoxy) is 1. The van der Waals surface area contributed by atoms with E-state index in [1.54, 1.807) is 15.9 Å². The molecule has 7 nitrogen and oxygen atoms in total. The minimum atomic E-state index is -0.431. The number of hydrogen-bond donors (Lipinski definition) is 2. The third-order valence-corrected chi connectivity index (χ3v) is 6.83. The molecule has 2 aromatic rings. The van der Waals surface area contributed by atoms with Gasteiger partial charge in [-0.1, -0.05) is 24.3 Å². The molecule has 8 heteroatoms. The summed E-state index contributed by atoms with van der Waals surface area (Å²) in [6, 6.07) is 12.4. The Labute approximate surface area is 185 Å². The highest BCUT2D eigenvalue weighted by Crippen LogP contribution is 2.49. The Hall–Kier alpha value is -2.97. The van der Waals surface area contributed by atoms with Crippen molar-refractivity contribution in [1.82, 2.24) is 4.90 Å². The van der Waals surface area contributed by atoms with Gasteiger partial charge in [0.2, 0.25) is 5.91 Å². The van der Waals surface area contributed by atoms with Gasteiger partial charge in [0.1, 0.15) is 5.82 Å². The molecule has 0 aromatic heterocycles. The van der Waals surface area contributed by atoms with Gasteiger partial charge in [0.05, 0.1) is 18.7 Å². The predicted octanol–water partition coefficient (Wildman–Crippen LogP) is 2.96. The number of amides is 3. The smallest absolute Gasteiger partial charge is 0.326 e. The molecule has 3 heterocycles. The molecule has 0 spiro atoms. The number of aliphatic hydroxyl groups is 1.